The van der Waals surface area contributed by atoms with E-state index in [1.807, 2.05) is 0 Å². The Morgan fingerprint density at radius 2 is 1.40 bits per heavy atom. The highest BCUT2D eigenvalue weighted by Gasteiger charge is 1.99. The second-order valence-electron chi connectivity index (χ2n) is 3.51. The molecule has 2 aromatic carbocycles. The molecule has 0 unspecified atom stereocenters. The van der Waals surface area contributed by atoms with E-state index in [0.29, 0.717) is 11.8 Å². The second kappa shape index (κ2) is 7.72. The second-order valence-corrected chi connectivity index (χ2v) is 4.32. The fraction of sp³-hybridized carbons (Fsp3) is 0. The molecule has 0 heterocycles. The summed E-state index contributed by atoms with van der Waals surface area (Å²) >= 11 is 10.9. The highest BCUT2D eigenvalue weighted by Crippen LogP contribution is 2.15. The lowest BCUT2D eigenvalue weighted by molar-refractivity contribution is 0.111. The van der Waals surface area contributed by atoms with Crippen molar-refractivity contribution in [2.75, 3.05) is 0 Å². The van der Waals surface area contributed by atoms with Gasteiger partial charge in [-0.1, -0.05) is 23.2 Å². The van der Waals surface area contributed by atoms with Crippen LogP contribution in [0, 0.1) is 11.6 Å². The van der Waals surface area contributed by atoms with Gasteiger partial charge in [0.1, 0.15) is 13.0 Å². The maximum Gasteiger partial charge on any atom is 0.151 e. The molecule has 106 valence electrons. The third-order valence-corrected chi connectivity index (χ3v) is 2.77. The Morgan fingerprint density at radius 3 is 1.75 bits per heavy atom. The zero-order valence-electron chi connectivity index (χ0n) is 10.9. The molecule has 0 spiro atoms. The Morgan fingerprint density at radius 1 is 0.950 bits per heavy atom. The fourth-order valence-corrected chi connectivity index (χ4v) is 1.59. The predicted molar refractivity (Wildman–Crippen MR) is 75.7 cm³/mol. The Kier molecular flexibility index (Phi) is 5.65. The molecular weight excluding hydrogens is 309 g/mol. The number of hydrogen-bond acceptors (Lipinski definition) is 2. The van der Waals surface area contributed by atoms with E-state index in [4.69, 9.17) is 24.6 Å². The van der Waals surface area contributed by atoms with Crippen molar-refractivity contribution in [2.24, 2.45) is 0 Å². The van der Waals surface area contributed by atoms with Crippen molar-refractivity contribution in [2.45, 2.75) is 0 Å². The number of aldehydes is 2. The van der Waals surface area contributed by atoms with Crippen LogP contribution < -0.4 is 0 Å². The standard InChI is InChI=1S/2C7H4ClFO.H2/c2*8-7-3-6(9)2-1-5(7)4-10;/h2*1-4H;1H/i4D;;. The molecule has 0 aliphatic rings. The number of carbonyl (C=O) groups is 2. The molecule has 0 bridgehead atoms. The molecule has 20 heavy (non-hydrogen) atoms. The van der Waals surface area contributed by atoms with Gasteiger partial charge >= 0.3 is 0 Å². The normalized spacial score (nSPS) is 10.1. The summed E-state index contributed by atoms with van der Waals surface area (Å²) in [6.45, 7) is 0. The lowest BCUT2D eigenvalue weighted by atomic mass is 10.2. The van der Waals surface area contributed by atoms with Crippen LogP contribution in [0.15, 0.2) is 36.4 Å². The van der Waals surface area contributed by atoms with Crippen LogP contribution >= 0.6 is 23.2 Å². The summed E-state index contributed by atoms with van der Waals surface area (Å²) in [5.74, 6) is -0.949. The fourth-order valence-electron chi connectivity index (χ4n) is 1.17. The Hall–Kier alpha value is -1.78. The van der Waals surface area contributed by atoms with Gasteiger partial charge in [-0.2, -0.15) is 0 Å². The molecule has 0 radical (unpaired) electrons. The summed E-state index contributed by atoms with van der Waals surface area (Å²) in [4.78, 5) is 20.6. The van der Waals surface area contributed by atoms with Gasteiger partial charge in [0.25, 0.3) is 0 Å². The van der Waals surface area contributed by atoms with Gasteiger partial charge in [0.15, 0.2) is 12.5 Å². The van der Waals surface area contributed by atoms with E-state index in [1.165, 1.54) is 18.2 Å². The third kappa shape index (κ3) is 4.72. The number of rotatable bonds is 2. The van der Waals surface area contributed by atoms with E-state index in [2.05, 4.69) is 0 Å². The van der Waals surface area contributed by atoms with Crippen molar-refractivity contribution >= 4 is 35.8 Å². The largest absolute Gasteiger partial charge is 0.298 e. The van der Waals surface area contributed by atoms with E-state index in [-0.39, 0.29) is 17.0 Å². The van der Waals surface area contributed by atoms with E-state index in [1.54, 1.807) is 0 Å². The van der Waals surface area contributed by atoms with Gasteiger partial charge in [-0.15, -0.1) is 0 Å². The minimum Gasteiger partial charge on any atom is -0.298 e. The first-order valence-corrected chi connectivity index (χ1v) is 5.97. The van der Waals surface area contributed by atoms with Gasteiger partial charge in [0, 0.05) is 12.6 Å². The van der Waals surface area contributed by atoms with E-state index >= 15 is 0 Å². The minimum atomic E-state index is -0.907. The molecule has 0 aromatic heterocycles. The first-order valence-electron chi connectivity index (χ1n) is 5.71. The molecule has 0 N–H and O–H groups in total. The van der Waals surface area contributed by atoms with Gasteiger partial charge in [-0.25, -0.2) is 8.78 Å². The van der Waals surface area contributed by atoms with E-state index in [0.717, 1.165) is 18.2 Å². The first-order chi connectivity index (χ1) is 9.85. The van der Waals surface area contributed by atoms with E-state index < -0.39 is 17.9 Å². The first kappa shape index (κ1) is 14.6. The quantitative estimate of drug-likeness (QED) is 0.743. The summed E-state index contributed by atoms with van der Waals surface area (Å²) in [6, 6.07) is 6.91. The number of benzene rings is 2. The van der Waals surface area contributed by atoms with Crippen LogP contribution in [0.25, 0.3) is 0 Å². The zero-order chi connectivity index (χ0) is 16.0. The average Bonchev–Trinajstić information content (AvgIpc) is 2.39. The molecule has 2 rings (SSSR count). The number of hydrogen-bond donors (Lipinski definition) is 0. The van der Waals surface area contributed by atoms with Crippen LogP contribution in [-0.2, 0) is 0 Å². The Bertz CT molecular complexity index is 682. The van der Waals surface area contributed by atoms with Crippen LogP contribution in [0.5, 0.6) is 0 Å². The van der Waals surface area contributed by atoms with Crippen LogP contribution in [0.1, 0.15) is 23.5 Å². The number of carbonyl (C=O) groups excluding carboxylic acids is 2. The highest BCUT2D eigenvalue weighted by atomic mass is 35.5. The summed E-state index contributed by atoms with van der Waals surface area (Å²) < 4.78 is 31.3. The Balaban J connectivity index is 0.000000385. The molecule has 0 aliphatic carbocycles. The van der Waals surface area contributed by atoms with Gasteiger partial charge in [-0.05, 0) is 36.4 Å². The van der Waals surface area contributed by atoms with Gasteiger partial charge in [0.05, 0.1) is 10.0 Å². The van der Waals surface area contributed by atoms with E-state index in [9.17, 15) is 18.4 Å². The van der Waals surface area contributed by atoms with Crippen LogP contribution in [-0.4, -0.2) is 12.5 Å². The maximum absolute atomic E-state index is 12.4. The molecule has 0 saturated carbocycles. The van der Waals surface area contributed by atoms with Crippen molar-refractivity contribution < 1.29 is 21.2 Å². The van der Waals surface area contributed by atoms with Crippen molar-refractivity contribution in [3.05, 3.63) is 69.2 Å². The van der Waals surface area contributed by atoms with Crippen molar-refractivity contribution in [1.82, 2.24) is 0 Å². The minimum absolute atomic E-state index is 0. The van der Waals surface area contributed by atoms with Gasteiger partial charge in [-0.3, -0.25) is 9.59 Å². The maximum atomic E-state index is 12.4. The highest BCUT2D eigenvalue weighted by molar-refractivity contribution is 6.33. The van der Waals surface area contributed by atoms with Crippen LogP contribution in [0.3, 0.4) is 0 Å². The lowest BCUT2D eigenvalue weighted by Crippen LogP contribution is -1.82. The monoisotopic (exact) mass is 319 g/mol. The average molecular weight is 320 g/mol. The van der Waals surface area contributed by atoms with Gasteiger partial charge < -0.3 is 0 Å². The molecule has 2 aromatic rings. The molecule has 0 amide bonds. The van der Waals surface area contributed by atoms with Crippen molar-refractivity contribution in [1.29, 1.82) is 0 Å². The molecule has 6 heteroatoms. The van der Waals surface area contributed by atoms with Crippen LogP contribution in [0.2, 0.25) is 10.0 Å². The zero-order valence-corrected chi connectivity index (χ0v) is 11.4. The molecular formula is C14H10Cl2F2O2. The molecule has 0 aliphatic heterocycles. The SMILES string of the molecule is O=Cc1ccc(F)cc1Cl.[2H]C(=O)c1ccc(F)cc1Cl.[HH]. The predicted octanol–water partition coefficient (Wildman–Crippen LogP) is 4.83. The molecule has 2 nitrogen and oxygen atoms in total. The summed E-state index contributed by atoms with van der Waals surface area (Å²) in [5, 5.41) is 0.125. The van der Waals surface area contributed by atoms with Gasteiger partial charge in [0.2, 0.25) is 0 Å². The third-order valence-electron chi connectivity index (χ3n) is 2.13. The van der Waals surface area contributed by atoms with Crippen molar-refractivity contribution in [3.8, 4) is 0 Å². The topological polar surface area (TPSA) is 34.1 Å². The molecule has 0 saturated heterocycles. The van der Waals surface area contributed by atoms with Crippen molar-refractivity contribution in [3.63, 3.8) is 0 Å². The summed E-state index contributed by atoms with van der Waals surface area (Å²) in [7, 11) is 0. The molecule has 0 fully saturated rings. The lowest BCUT2D eigenvalue weighted by Gasteiger charge is -1.92. The number of halogens is 4. The molecule has 0 atom stereocenters. The summed E-state index contributed by atoms with van der Waals surface area (Å²) in [5.41, 5.74) is 0.330. The Labute approximate surface area is 126 Å². The van der Waals surface area contributed by atoms with Crippen LogP contribution in [0.4, 0.5) is 8.78 Å². The smallest absolute Gasteiger partial charge is 0.151 e. The summed E-state index contributed by atoms with van der Waals surface area (Å²) in [6.07, 6.45) is -0.322.